The molecule has 0 bridgehead atoms. The molecule has 3 aromatic rings. The quantitative estimate of drug-likeness (QED) is 0.146. The highest BCUT2D eigenvalue weighted by Gasteiger charge is 2.31. The molecule has 1 amide bonds. The van der Waals surface area contributed by atoms with E-state index in [1.165, 1.54) is 4.90 Å². The minimum Gasteiger partial charge on any atom is -0.445 e. The van der Waals surface area contributed by atoms with Crippen LogP contribution in [0.3, 0.4) is 0 Å². The van der Waals surface area contributed by atoms with Gasteiger partial charge in [-0.25, -0.2) is 14.8 Å². The van der Waals surface area contributed by atoms with Crippen molar-refractivity contribution in [2.45, 2.75) is 19.1 Å². The number of aromatic nitrogens is 2. The normalized spacial score (nSPS) is 16.4. The average Bonchev–Trinajstić information content (AvgIpc) is 2.95. The van der Waals surface area contributed by atoms with Crippen LogP contribution in [-0.2, 0) is 11.3 Å². The van der Waals surface area contributed by atoms with Crippen LogP contribution >= 0.6 is 92.8 Å². The number of ether oxygens (including phenoxy) is 1. The molecule has 42 heavy (non-hydrogen) atoms. The summed E-state index contributed by atoms with van der Waals surface area (Å²) >= 11 is 46.0. The lowest BCUT2D eigenvalue weighted by Gasteiger charge is -2.35. The van der Waals surface area contributed by atoms with Gasteiger partial charge in [0.2, 0.25) is 0 Å². The number of nitrogens with one attached hydrogen (secondary N) is 1. The second kappa shape index (κ2) is 15.8. The molecule has 18 heteroatoms. The summed E-state index contributed by atoms with van der Waals surface area (Å²) in [5, 5.41) is 23.3. The molecular formula is C24H19Cl8N5O5. The third-order valence-electron chi connectivity index (χ3n) is 5.88. The number of pyridine rings is 2. The number of nitro groups is 1. The number of β-amino-alcohol motifs (C(OH)–C–C–N with tert-alkyl or cyclic N) is 1. The van der Waals surface area contributed by atoms with Crippen molar-refractivity contribution in [3.05, 3.63) is 86.7 Å². The van der Waals surface area contributed by atoms with Gasteiger partial charge in [-0.1, -0.05) is 123 Å². The second-order valence-corrected chi connectivity index (χ2v) is 11.6. The molecule has 1 aliphatic rings. The van der Waals surface area contributed by atoms with E-state index in [1.54, 1.807) is 0 Å². The van der Waals surface area contributed by atoms with Gasteiger partial charge >= 0.3 is 11.8 Å². The number of nitrogens with zero attached hydrogens (tertiary/aromatic N) is 4. The van der Waals surface area contributed by atoms with Gasteiger partial charge in [-0.2, -0.15) is 0 Å². The number of likely N-dealkylation sites (tertiary alicyclic amines) is 1. The maximum Gasteiger partial charge on any atom is 0.410 e. The van der Waals surface area contributed by atoms with Gasteiger partial charge < -0.3 is 20.1 Å². The maximum absolute atomic E-state index is 12.3. The summed E-state index contributed by atoms with van der Waals surface area (Å²) in [5.41, 5.74) is 0.743. The fourth-order valence-electron chi connectivity index (χ4n) is 3.71. The number of halogens is 8. The van der Waals surface area contributed by atoms with Gasteiger partial charge in [-0.05, 0) is 12.0 Å². The third-order valence-corrected chi connectivity index (χ3v) is 8.81. The first-order valence-corrected chi connectivity index (χ1v) is 14.8. The van der Waals surface area contributed by atoms with Gasteiger partial charge in [0.15, 0.2) is 30.7 Å². The van der Waals surface area contributed by atoms with Crippen molar-refractivity contribution in [1.29, 1.82) is 0 Å². The molecule has 1 saturated heterocycles. The number of aliphatic hydroxyl groups excluding tert-OH is 1. The Morgan fingerprint density at radius 2 is 1.48 bits per heavy atom. The van der Waals surface area contributed by atoms with Crippen molar-refractivity contribution in [3.8, 4) is 0 Å². The lowest BCUT2D eigenvalue weighted by Crippen LogP contribution is -2.48. The number of amides is 1. The summed E-state index contributed by atoms with van der Waals surface area (Å²) in [4.78, 5) is 30.8. The molecule has 2 N–H and O–H groups in total. The monoisotopic (exact) mass is 737 g/mol. The Morgan fingerprint density at radius 3 is 1.98 bits per heavy atom. The molecule has 2 aromatic heterocycles. The molecule has 226 valence electrons. The number of hydrogen-bond acceptors (Lipinski definition) is 8. The Balaban J connectivity index is 0.000000312. The molecule has 4 rings (SSSR count). The number of hydrogen-bond donors (Lipinski definition) is 2. The second-order valence-electron chi connectivity index (χ2n) is 8.61. The molecule has 2 atom stereocenters. The van der Waals surface area contributed by atoms with Crippen LogP contribution in [0.5, 0.6) is 0 Å². The van der Waals surface area contributed by atoms with Crippen molar-refractivity contribution in [2.24, 2.45) is 5.92 Å². The minimum atomic E-state index is -0.774. The first-order chi connectivity index (χ1) is 19.8. The Bertz CT molecular complexity index is 1400. The Kier molecular flexibility index (Phi) is 13.1. The van der Waals surface area contributed by atoms with Crippen LogP contribution in [-0.4, -0.2) is 56.7 Å². The van der Waals surface area contributed by atoms with Gasteiger partial charge in [0.25, 0.3) is 0 Å². The molecule has 3 heterocycles. The summed E-state index contributed by atoms with van der Waals surface area (Å²) < 4.78 is 5.33. The first kappa shape index (κ1) is 34.8. The summed E-state index contributed by atoms with van der Waals surface area (Å²) in [6.45, 7) is 1.22. The van der Waals surface area contributed by atoms with Crippen LogP contribution in [0.4, 0.5) is 16.2 Å². The van der Waals surface area contributed by atoms with Crippen molar-refractivity contribution in [3.63, 3.8) is 0 Å². The van der Waals surface area contributed by atoms with E-state index in [1.807, 2.05) is 30.3 Å². The van der Waals surface area contributed by atoms with E-state index in [-0.39, 0.29) is 59.8 Å². The Labute approximate surface area is 279 Å². The largest absolute Gasteiger partial charge is 0.445 e. The van der Waals surface area contributed by atoms with Crippen LogP contribution in [0, 0.1) is 16.0 Å². The summed E-state index contributed by atoms with van der Waals surface area (Å²) in [5.74, 6) is -0.119. The molecule has 0 radical (unpaired) electrons. The average molecular weight is 741 g/mol. The topological polar surface area (TPSA) is 131 Å². The zero-order chi connectivity index (χ0) is 31.1. The molecule has 2 unspecified atom stereocenters. The standard InChI is InChI=1S/C19H19Cl4N3O3.C5Cl4N2O2/c20-14-16(15(21)18(23)25-17(14)22)24-8-12-6-7-26(9-13(12)27)19(28)29-10-11-4-2-1-3-5-11;6-1-3(11(12)13)2(7)5(9)10-4(1)8/h1-5,12-13,27H,6-10H2,(H,24,25);. The van der Waals surface area contributed by atoms with E-state index in [4.69, 9.17) is 97.5 Å². The smallest absolute Gasteiger partial charge is 0.410 e. The number of piperidine rings is 1. The highest BCUT2D eigenvalue weighted by molar-refractivity contribution is 6.49. The molecule has 1 aliphatic heterocycles. The first-order valence-electron chi connectivity index (χ1n) is 11.7. The lowest BCUT2D eigenvalue weighted by atomic mass is 9.94. The molecule has 1 fully saturated rings. The number of anilines is 1. The fourth-order valence-corrected chi connectivity index (χ4v) is 5.41. The molecule has 0 saturated carbocycles. The molecule has 10 nitrogen and oxygen atoms in total. The summed E-state index contributed by atoms with van der Waals surface area (Å²) in [6.07, 6.45) is -0.597. The van der Waals surface area contributed by atoms with Crippen LogP contribution in [0.1, 0.15) is 12.0 Å². The number of rotatable bonds is 6. The van der Waals surface area contributed by atoms with Gasteiger partial charge in [-0.3, -0.25) is 10.1 Å². The van der Waals surface area contributed by atoms with Crippen molar-refractivity contribution < 1.29 is 19.6 Å². The predicted molar refractivity (Wildman–Crippen MR) is 166 cm³/mol. The van der Waals surface area contributed by atoms with E-state index in [2.05, 4.69) is 15.3 Å². The van der Waals surface area contributed by atoms with Crippen LogP contribution in [0.25, 0.3) is 0 Å². The van der Waals surface area contributed by atoms with Crippen LogP contribution in [0.15, 0.2) is 30.3 Å². The molecule has 0 aliphatic carbocycles. The van der Waals surface area contributed by atoms with Gasteiger partial charge in [-0.15, -0.1) is 0 Å². The predicted octanol–water partition coefficient (Wildman–Crippen LogP) is 8.73. The van der Waals surface area contributed by atoms with Gasteiger partial charge in [0.1, 0.15) is 16.7 Å². The SMILES string of the molecule is O=C(OCc1ccccc1)N1CCC(CNc2c(Cl)c(Cl)nc(Cl)c2Cl)C(O)C1.O=[N+]([O-])c1c(Cl)c(Cl)nc(Cl)c1Cl. The highest BCUT2D eigenvalue weighted by atomic mass is 35.5. The fraction of sp³-hybridized carbons (Fsp3) is 0.292. The third kappa shape index (κ3) is 8.90. The lowest BCUT2D eigenvalue weighted by molar-refractivity contribution is -0.384. The number of carbonyl (C=O) groups is 1. The Hall–Kier alpha value is -1.73. The number of carbonyl (C=O) groups excluding carboxylic acids is 1. The van der Waals surface area contributed by atoms with Crippen molar-refractivity contribution in [1.82, 2.24) is 14.9 Å². The van der Waals surface area contributed by atoms with E-state index in [0.29, 0.717) is 25.2 Å². The van der Waals surface area contributed by atoms with Gasteiger partial charge in [0.05, 0.1) is 23.3 Å². The van der Waals surface area contributed by atoms with Crippen LogP contribution in [0.2, 0.25) is 40.7 Å². The number of aliphatic hydroxyl groups is 1. The van der Waals surface area contributed by atoms with E-state index >= 15 is 0 Å². The zero-order valence-corrected chi connectivity index (χ0v) is 27.0. The van der Waals surface area contributed by atoms with Crippen molar-refractivity contribution in [2.75, 3.05) is 25.0 Å². The van der Waals surface area contributed by atoms with Gasteiger partial charge in [0, 0.05) is 19.0 Å². The van der Waals surface area contributed by atoms with E-state index in [9.17, 15) is 20.0 Å². The zero-order valence-electron chi connectivity index (χ0n) is 21.0. The van der Waals surface area contributed by atoms with E-state index in [0.717, 1.165) is 5.56 Å². The molecular weight excluding hydrogens is 722 g/mol. The van der Waals surface area contributed by atoms with Crippen LogP contribution < -0.4 is 5.32 Å². The molecule has 1 aromatic carbocycles. The minimum absolute atomic E-state index is 0.0418. The van der Waals surface area contributed by atoms with E-state index < -0.39 is 22.8 Å². The van der Waals surface area contributed by atoms with Crippen molar-refractivity contribution >= 4 is 110 Å². The number of benzene rings is 1. The summed E-state index contributed by atoms with van der Waals surface area (Å²) in [7, 11) is 0. The summed E-state index contributed by atoms with van der Waals surface area (Å²) in [6, 6.07) is 9.43. The Morgan fingerprint density at radius 1 is 0.952 bits per heavy atom. The maximum atomic E-state index is 12.3. The highest BCUT2D eigenvalue weighted by Crippen LogP contribution is 2.40. The molecule has 0 spiro atoms.